The summed E-state index contributed by atoms with van der Waals surface area (Å²) in [4.78, 5) is 34.4. The summed E-state index contributed by atoms with van der Waals surface area (Å²) in [6.45, 7) is 5.75. The maximum atomic E-state index is 13.3. The molecule has 2 aliphatic heterocycles. The van der Waals surface area contributed by atoms with Crippen LogP contribution in [-0.4, -0.2) is 43.1 Å². The first-order valence-electron chi connectivity index (χ1n) is 13.3. The van der Waals surface area contributed by atoms with Gasteiger partial charge in [0.25, 0.3) is 11.8 Å². The third kappa shape index (κ3) is 3.72. The molecule has 4 aromatic rings. The molecule has 3 heterocycles. The Kier molecular flexibility index (Phi) is 5.49. The van der Waals surface area contributed by atoms with Gasteiger partial charge in [0, 0.05) is 48.2 Å². The van der Waals surface area contributed by atoms with Gasteiger partial charge < -0.3 is 20.3 Å². The van der Waals surface area contributed by atoms with Crippen molar-refractivity contribution in [1.82, 2.24) is 4.98 Å². The average molecular weight is 517 g/mol. The van der Waals surface area contributed by atoms with Crippen LogP contribution in [0.1, 0.15) is 43.1 Å². The van der Waals surface area contributed by atoms with Crippen molar-refractivity contribution < 1.29 is 14.3 Å². The number of benzene rings is 3. The summed E-state index contributed by atoms with van der Waals surface area (Å²) in [5.74, 6) is -0.510. The molecule has 0 bridgehead atoms. The number of ether oxygens (including phenoxy) is 1. The normalized spacial score (nSPS) is 15.8. The van der Waals surface area contributed by atoms with Crippen LogP contribution in [0.2, 0.25) is 0 Å². The number of nitrogens with zero attached hydrogens (tertiary/aromatic N) is 3. The minimum absolute atomic E-state index is 0.0132. The van der Waals surface area contributed by atoms with Crippen molar-refractivity contribution in [3.05, 3.63) is 100 Å². The van der Waals surface area contributed by atoms with Crippen LogP contribution in [0.15, 0.2) is 66.9 Å². The number of fused-ring (bicyclic) bond motifs is 4. The minimum Gasteiger partial charge on any atom is -0.378 e. The molecule has 0 unspecified atom stereocenters. The first-order valence-corrected chi connectivity index (χ1v) is 13.3. The lowest BCUT2D eigenvalue weighted by atomic mass is 9.91. The van der Waals surface area contributed by atoms with Crippen molar-refractivity contribution in [2.45, 2.75) is 19.9 Å². The summed E-state index contributed by atoms with van der Waals surface area (Å²) in [7, 11) is 0. The van der Waals surface area contributed by atoms with E-state index in [1.807, 2.05) is 48.2 Å². The molecule has 0 saturated carbocycles. The van der Waals surface area contributed by atoms with E-state index in [0.29, 0.717) is 18.7 Å². The van der Waals surface area contributed by atoms with Gasteiger partial charge in [-0.1, -0.05) is 36.4 Å². The number of carbonyl (C=O) groups is 2. The SMILES string of the molecule is Cc1c(-c2cnc(C(N)=O)c3c2-c2ccc(N4CCOCC4)cc2C3)cccc1N1Cc2ccccc2C1=O. The fraction of sp³-hybridized carbons (Fsp3) is 0.219. The molecule has 7 rings (SSSR count). The van der Waals surface area contributed by atoms with Gasteiger partial charge >= 0.3 is 0 Å². The summed E-state index contributed by atoms with van der Waals surface area (Å²) in [5.41, 5.74) is 17.0. The van der Waals surface area contributed by atoms with Gasteiger partial charge in [-0.15, -0.1) is 0 Å². The van der Waals surface area contributed by atoms with Crippen LogP contribution < -0.4 is 15.5 Å². The van der Waals surface area contributed by atoms with Gasteiger partial charge in [-0.3, -0.25) is 14.6 Å². The Hall–Kier alpha value is -4.49. The molecular weight excluding hydrogens is 488 g/mol. The number of amides is 2. The molecule has 1 fully saturated rings. The highest BCUT2D eigenvalue weighted by Crippen LogP contribution is 2.46. The molecule has 0 radical (unpaired) electrons. The summed E-state index contributed by atoms with van der Waals surface area (Å²) < 4.78 is 5.53. The van der Waals surface area contributed by atoms with Crippen LogP contribution >= 0.6 is 0 Å². The number of primary amides is 1. The number of pyridine rings is 1. The van der Waals surface area contributed by atoms with Gasteiger partial charge in [0.05, 0.1) is 19.8 Å². The largest absolute Gasteiger partial charge is 0.378 e. The fourth-order valence-corrected chi connectivity index (χ4v) is 6.28. The number of aromatic nitrogens is 1. The highest BCUT2D eigenvalue weighted by molar-refractivity contribution is 6.11. The van der Waals surface area contributed by atoms with Gasteiger partial charge in [-0.05, 0) is 70.1 Å². The number of rotatable bonds is 4. The Balaban J connectivity index is 1.34. The smallest absolute Gasteiger partial charge is 0.267 e. The average Bonchev–Trinajstić information content (AvgIpc) is 3.51. The summed E-state index contributed by atoms with van der Waals surface area (Å²) >= 11 is 0. The Morgan fingerprint density at radius 3 is 2.51 bits per heavy atom. The Morgan fingerprint density at radius 1 is 0.923 bits per heavy atom. The van der Waals surface area contributed by atoms with E-state index >= 15 is 0 Å². The molecule has 0 spiro atoms. The van der Waals surface area contributed by atoms with Gasteiger partial charge in [0.15, 0.2) is 0 Å². The highest BCUT2D eigenvalue weighted by atomic mass is 16.5. The lowest BCUT2D eigenvalue weighted by Gasteiger charge is -2.29. The van der Waals surface area contributed by atoms with Crippen molar-refractivity contribution in [3.63, 3.8) is 0 Å². The molecular formula is C32H28N4O3. The van der Waals surface area contributed by atoms with E-state index in [-0.39, 0.29) is 5.91 Å². The molecule has 1 saturated heterocycles. The zero-order valence-electron chi connectivity index (χ0n) is 21.7. The van der Waals surface area contributed by atoms with Gasteiger partial charge in [0.1, 0.15) is 5.69 Å². The van der Waals surface area contributed by atoms with Crippen molar-refractivity contribution in [2.24, 2.45) is 5.73 Å². The molecule has 39 heavy (non-hydrogen) atoms. The summed E-state index contributed by atoms with van der Waals surface area (Å²) in [6.07, 6.45) is 2.36. The van der Waals surface area contributed by atoms with E-state index in [4.69, 9.17) is 10.5 Å². The first-order chi connectivity index (χ1) is 19.0. The monoisotopic (exact) mass is 516 g/mol. The van der Waals surface area contributed by atoms with Crippen molar-refractivity contribution >= 4 is 23.2 Å². The van der Waals surface area contributed by atoms with Gasteiger partial charge in [-0.25, -0.2) is 0 Å². The Labute approximate surface area is 226 Å². The number of hydrogen-bond donors (Lipinski definition) is 1. The lowest BCUT2D eigenvalue weighted by molar-refractivity contribution is 0.0987. The number of anilines is 2. The Bertz CT molecular complexity index is 1670. The first kappa shape index (κ1) is 23.6. The second kappa shape index (κ2) is 9.06. The topological polar surface area (TPSA) is 88.8 Å². The fourth-order valence-electron chi connectivity index (χ4n) is 6.28. The van der Waals surface area contributed by atoms with Crippen LogP contribution in [0.3, 0.4) is 0 Å². The van der Waals surface area contributed by atoms with E-state index < -0.39 is 5.91 Å². The molecule has 7 heteroatoms. The minimum atomic E-state index is -0.523. The van der Waals surface area contributed by atoms with Crippen LogP contribution in [0.5, 0.6) is 0 Å². The molecule has 1 aliphatic carbocycles. The zero-order valence-corrected chi connectivity index (χ0v) is 21.7. The van der Waals surface area contributed by atoms with Gasteiger partial charge in [-0.2, -0.15) is 0 Å². The van der Waals surface area contributed by atoms with E-state index in [1.165, 1.54) is 0 Å². The van der Waals surface area contributed by atoms with E-state index in [2.05, 4.69) is 34.1 Å². The maximum Gasteiger partial charge on any atom is 0.267 e. The molecule has 7 nitrogen and oxygen atoms in total. The van der Waals surface area contributed by atoms with Crippen molar-refractivity contribution in [1.29, 1.82) is 0 Å². The molecule has 194 valence electrons. The second-order valence-electron chi connectivity index (χ2n) is 10.4. The van der Waals surface area contributed by atoms with E-state index in [1.54, 1.807) is 6.20 Å². The molecule has 2 N–H and O–H groups in total. The van der Waals surface area contributed by atoms with Crippen molar-refractivity contribution in [3.8, 4) is 22.3 Å². The third-order valence-electron chi connectivity index (χ3n) is 8.22. The number of nitrogens with two attached hydrogens (primary N) is 1. The highest BCUT2D eigenvalue weighted by Gasteiger charge is 2.32. The molecule has 3 aromatic carbocycles. The van der Waals surface area contributed by atoms with Crippen molar-refractivity contribution in [2.75, 3.05) is 36.1 Å². The van der Waals surface area contributed by atoms with Crippen LogP contribution in [-0.2, 0) is 17.7 Å². The predicted molar refractivity (Wildman–Crippen MR) is 151 cm³/mol. The van der Waals surface area contributed by atoms with E-state index in [0.717, 1.165) is 87.7 Å². The summed E-state index contributed by atoms with van der Waals surface area (Å²) in [5, 5.41) is 0. The van der Waals surface area contributed by atoms with Gasteiger partial charge in [0.2, 0.25) is 0 Å². The number of hydrogen-bond acceptors (Lipinski definition) is 5. The Morgan fingerprint density at radius 2 is 1.72 bits per heavy atom. The summed E-state index contributed by atoms with van der Waals surface area (Å²) in [6, 6.07) is 20.3. The van der Waals surface area contributed by atoms with Crippen LogP contribution in [0.25, 0.3) is 22.3 Å². The molecule has 0 atom stereocenters. The maximum absolute atomic E-state index is 13.3. The van der Waals surface area contributed by atoms with Crippen LogP contribution in [0, 0.1) is 6.92 Å². The second-order valence-corrected chi connectivity index (χ2v) is 10.4. The molecule has 1 aromatic heterocycles. The molecule has 2 amide bonds. The van der Waals surface area contributed by atoms with E-state index in [9.17, 15) is 9.59 Å². The quantitative estimate of drug-likeness (QED) is 0.373. The number of carbonyl (C=O) groups excluding carboxylic acids is 2. The zero-order chi connectivity index (χ0) is 26.7. The van der Waals surface area contributed by atoms with Crippen LogP contribution in [0.4, 0.5) is 11.4 Å². The lowest BCUT2D eigenvalue weighted by Crippen LogP contribution is -2.36. The predicted octanol–water partition coefficient (Wildman–Crippen LogP) is 4.72. The number of morpholine rings is 1. The molecule has 3 aliphatic rings. The third-order valence-corrected chi connectivity index (χ3v) is 8.22. The standard InChI is InChI=1S/C32H28N4O3/c1-19-23(7-4-8-28(19)36-18-20-5-2-3-6-25(20)32(36)38)27-17-34-30(31(33)37)26-16-21-15-22(9-10-24(21)29(26)27)35-11-13-39-14-12-35/h2-10,15,17H,11-14,16,18H2,1H3,(H2,33,37).